The standard InChI is InChI=1S/C19H18N2OS/c1-2-12-23-18-10-8-15(9-11-18)19-16(14-22)13-20-21(19)17-6-4-3-5-7-17/h3-11,13-14H,2,12H2,1H3. The zero-order valence-electron chi connectivity index (χ0n) is 13.0. The van der Waals surface area contributed by atoms with E-state index in [1.807, 2.05) is 46.8 Å². The molecule has 0 radical (unpaired) electrons. The van der Waals surface area contributed by atoms with Crippen molar-refractivity contribution in [2.24, 2.45) is 0 Å². The maximum atomic E-state index is 11.4. The molecule has 1 heterocycles. The number of nitrogens with zero attached hydrogens (tertiary/aromatic N) is 2. The van der Waals surface area contributed by atoms with Crippen LogP contribution in [-0.2, 0) is 0 Å². The van der Waals surface area contributed by atoms with Crippen LogP contribution in [0.5, 0.6) is 0 Å². The zero-order valence-corrected chi connectivity index (χ0v) is 13.8. The van der Waals surface area contributed by atoms with Gasteiger partial charge in [0.25, 0.3) is 0 Å². The number of hydrogen-bond acceptors (Lipinski definition) is 3. The fourth-order valence-corrected chi connectivity index (χ4v) is 3.20. The molecule has 0 aliphatic rings. The molecule has 0 aliphatic carbocycles. The Kier molecular flexibility index (Phi) is 4.93. The van der Waals surface area contributed by atoms with Crippen LogP contribution in [0.2, 0.25) is 0 Å². The molecule has 0 unspecified atom stereocenters. The smallest absolute Gasteiger partial charge is 0.153 e. The van der Waals surface area contributed by atoms with Gasteiger partial charge in [-0.15, -0.1) is 11.8 Å². The van der Waals surface area contributed by atoms with Gasteiger partial charge in [-0.2, -0.15) is 5.10 Å². The van der Waals surface area contributed by atoms with Gasteiger partial charge in [0.2, 0.25) is 0 Å². The van der Waals surface area contributed by atoms with Gasteiger partial charge in [0, 0.05) is 10.5 Å². The van der Waals surface area contributed by atoms with E-state index in [2.05, 4.69) is 36.3 Å². The second kappa shape index (κ2) is 7.29. The van der Waals surface area contributed by atoms with Gasteiger partial charge in [0.15, 0.2) is 6.29 Å². The summed E-state index contributed by atoms with van der Waals surface area (Å²) in [7, 11) is 0. The lowest BCUT2D eigenvalue weighted by Gasteiger charge is -2.09. The first-order valence-corrected chi connectivity index (χ1v) is 8.64. The van der Waals surface area contributed by atoms with Gasteiger partial charge in [-0.25, -0.2) is 4.68 Å². The minimum absolute atomic E-state index is 0.600. The summed E-state index contributed by atoms with van der Waals surface area (Å²) in [6.07, 6.45) is 3.64. The molecule has 23 heavy (non-hydrogen) atoms. The van der Waals surface area contributed by atoms with Gasteiger partial charge >= 0.3 is 0 Å². The monoisotopic (exact) mass is 322 g/mol. The molecule has 0 bridgehead atoms. The second-order valence-corrected chi connectivity index (χ2v) is 6.35. The highest BCUT2D eigenvalue weighted by molar-refractivity contribution is 7.99. The molecule has 0 saturated heterocycles. The predicted molar refractivity (Wildman–Crippen MR) is 95.4 cm³/mol. The number of carbonyl (C=O) groups is 1. The summed E-state index contributed by atoms with van der Waals surface area (Å²) in [5.41, 5.74) is 3.37. The number of aldehydes is 1. The van der Waals surface area contributed by atoms with Crippen molar-refractivity contribution >= 4 is 18.0 Å². The number of para-hydroxylation sites is 1. The molecule has 0 spiro atoms. The summed E-state index contributed by atoms with van der Waals surface area (Å²) in [6.45, 7) is 2.18. The Morgan fingerprint density at radius 2 is 1.83 bits per heavy atom. The molecular formula is C19H18N2OS. The minimum Gasteiger partial charge on any atom is -0.298 e. The number of aromatic nitrogens is 2. The molecule has 0 aliphatic heterocycles. The van der Waals surface area contributed by atoms with Crippen LogP contribution in [0.25, 0.3) is 16.9 Å². The molecule has 0 N–H and O–H groups in total. The van der Waals surface area contributed by atoms with Crippen molar-refractivity contribution in [2.75, 3.05) is 5.75 Å². The Balaban J connectivity index is 2.01. The number of hydrogen-bond donors (Lipinski definition) is 0. The highest BCUT2D eigenvalue weighted by atomic mass is 32.2. The Labute approximate surface area is 140 Å². The Hall–Kier alpha value is -2.33. The first-order valence-electron chi connectivity index (χ1n) is 7.65. The molecule has 3 nitrogen and oxygen atoms in total. The SMILES string of the molecule is CCCSc1ccc(-c2c(C=O)cnn2-c2ccccc2)cc1. The number of thioether (sulfide) groups is 1. The maximum absolute atomic E-state index is 11.4. The van der Waals surface area contributed by atoms with Crippen molar-refractivity contribution in [2.45, 2.75) is 18.2 Å². The lowest BCUT2D eigenvalue weighted by atomic mass is 10.1. The van der Waals surface area contributed by atoms with E-state index < -0.39 is 0 Å². The summed E-state index contributed by atoms with van der Waals surface area (Å²) in [6, 6.07) is 18.2. The minimum atomic E-state index is 0.600. The summed E-state index contributed by atoms with van der Waals surface area (Å²) >= 11 is 1.84. The van der Waals surface area contributed by atoms with E-state index in [1.165, 1.54) is 4.90 Å². The lowest BCUT2D eigenvalue weighted by molar-refractivity contribution is 0.112. The molecule has 3 rings (SSSR count). The van der Waals surface area contributed by atoms with Crippen LogP contribution < -0.4 is 0 Å². The first-order chi connectivity index (χ1) is 11.3. The van der Waals surface area contributed by atoms with Crippen molar-refractivity contribution in [3.63, 3.8) is 0 Å². The van der Waals surface area contributed by atoms with Crippen LogP contribution in [0, 0.1) is 0 Å². The third-order valence-electron chi connectivity index (χ3n) is 3.53. The average molecular weight is 322 g/mol. The average Bonchev–Trinajstić information content (AvgIpc) is 3.05. The fraction of sp³-hybridized carbons (Fsp3) is 0.158. The topological polar surface area (TPSA) is 34.9 Å². The van der Waals surface area contributed by atoms with Crippen LogP contribution in [-0.4, -0.2) is 21.8 Å². The highest BCUT2D eigenvalue weighted by Gasteiger charge is 2.13. The van der Waals surface area contributed by atoms with Crippen molar-refractivity contribution in [1.82, 2.24) is 9.78 Å². The molecule has 4 heteroatoms. The maximum Gasteiger partial charge on any atom is 0.153 e. The molecule has 0 amide bonds. The zero-order chi connectivity index (χ0) is 16.1. The van der Waals surface area contributed by atoms with Gasteiger partial charge in [0.05, 0.1) is 23.1 Å². The Morgan fingerprint density at radius 1 is 1.09 bits per heavy atom. The summed E-state index contributed by atoms with van der Waals surface area (Å²) in [5, 5.41) is 4.39. The quantitative estimate of drug-likeness (QED) is 0.480. The van der Waals surface area contributed by atoms with Crippen LogP contribution >= 0.6 is 11.8 Å². The van der Waals surface area contributed by atoms with Gasteiger partial charge in [-0.1, -0.05) is 37.3 Å². The van der Waals surface area contributed by atoms with E-state index in [-0.39, 0.29) is 0 Å². The van der Waals surface area contributed by atoms with E-state index in [4.69, 9.17) is 0 Å². The summed E-state index contributed by atoms with van der Waals surface area (Å²) in [4.78, 5) is 12.6. The predicted octanol–water partition coefficient (Wildman–Crippen LogP) is 4.85. The highest BCUT2D eigenvalue weighted by Crippen LogP contribution is 2.28. The van der Waals surface area contributed by atoms with Crippen molar-refractivity contribution in [1.29, 1.82) is 0 Å². The van der Waals surface area contributed by atoms with Crippen LogP contribution in [0.15, 0.2) is 65.7 Å². The third kappa shape index (κ3) is 3.37. The molecular weight excluding hydrogens is 304 g/mol. The lowest BCUT2D eigenvalue weighted by Crippen LogP contribution is -1.99. The number of benzene rings is 2. The van der Waals surface area contributed by atoms with Gasteiger partial charge in [0.1, 0.15) is 0 Å². The Bertz CT molecular complexity index is 779. The molecule has 3 aromatic rings. The molecule has 2 aromatic carbocycles. The van der Waals surface area contributed by atoms with E-state index in [1.54, 1.807) is 6.20 Å². The molecule has 0 saturated carbocycles. The van der Waals surface area contributed by atoms with E-state index in [0.717, 1.165) is 35.4 Å². The normalized spacial score (nSPS) is 10.7. The van der Waals surface area contributed by atoms with Crippen molar-refractivity contribution in [3.05, 3.63) is 66.4 Å². The molecule has 0 fully saturated rings. The van der Waals surface area contributed by atoms with Gasteiger partial charge in [-0.05, 0) is 36.4 Å². The summed E-state index contributed by atoms with van der Waals surface area (Å²) in [5.74, 6) is 1.11. The van der Waals surface area contributed by atoms with Crippen molar-refractivity contribution < 1.29 is 4.79 Å². The molecule has 0 atom stereocenters. The van der Waals surface area contributed by atoms with Gasteiger partial charge < -0.3 is 0 Å². The van der Waals surface area contributed by atoms with Crippen molar-refractivity contribution in [3.8, 4) is 16.9 Å². The summed E-state index contributed by atoms with van der Waals surface area (Å²) < 4.78 is 1.82. The van der Waals surface area contributed by atoms with E-state index >= 15 is 0 Å². The Morgan fingerprint density at radius 3 is 2.48 bits per heavy atom. The van der Waals surface area contributed by atoms with Crippen LogP contribution in [0.1, 0.15) is 23.7 Å². The number of carbonyl (C=O) groups excluding carboxylic acids is 1. The molecule has 1 aromatic heterocycles. The fourth-order valence-electron chi connectivity index (χ4n) is 2.43. The first kappa shape index (κ1) is 15.6. The third-order valence-corrected chi connectivity index (χ3v) is 4.74. The van der Waals surface area contributed by atoms with Gasteiger partial charge in [-0.3, -0.25) is 4.79 Å². The van der Waals surface area contributed by atoms with Crippen LogP contribution in [0.4, 0.5) is 0 Å². The largest absolute Gasteiger partial charge is 0.298 e. The number of rotatable bonds is 6. The van der Waals surface area contributed by atoms with E-state index in [0.29, 0.717) is 5.56 Å². The molecule has 116 valence electrons. The van der Waals surface area contributed by atoms with E-state index in [9.17, 15) is 4.79 Å². The second-order valence-electron chi connectivity index (χ2n) is 5.19. The van der Waals surface area contributed by atoms with Crippen LogP contribution in [0.3, 0.4) is 0 Å².